The van der Waals surface area contributed by atoms with E-state index < -0.39 is 0 Å². The molecule has 6 nitrogen and oxygen atoms in total. The van der Waals surface area contributed by atoms with Crippen molar-refractivity contribution in [2.75, 3.05) is 33.2 Å². The van der Waals surface area contributed by atoms with Crippen molar-refractivity contribution in [3.8, 4) is 0 Å². The molecule has 0 saturated carbocycles. The van der Waals surface area contributed by atoms with Crippen LogP contribution in [0.2, 0.25) is 0 Å². The van der Waals surface area contributed by atoms with Crippen LogP contribution in [0.5, 0.6) is 0 Å². The van der Waals surface area contributed by atoms with Crippen molar-refractivity contribution in [1.29, 1.82) is 0 Å². The van der Waals surface area contributed by atoms with E-state index in [0.29, 0.717) is 6.04 Å². The second-order valence-corrected chi connectivity index (χ2v) is 7.55. The zero-order chi connectivity index (χ0) is 19.8. The SMILES string of the molecule is CN=C(NCCCn1nc(C)cc1C)NCC(c1ccccc1)N1CCCC1. The molecule has 1 aliphatic rings. The first kappa shape index (κ1) is 20.4. The summed E-state index contributed by atoms with van der Waals surface area (Å²) in [6.45, 7) is 9.15. The Morgan fingerprint density at radius 2 is 1.89 bits per heavy atom. The average Bonchev–Trinajstić information content (AvgIpc) is 3.34. The molecule has 6 heteroatoms. The Balaban J connectivity index is 1.48. The van der Waals surface area contributed by atoms with Gasteiger partial charge in [0, 0.05) is 32.4 Å². The van der Waals surface area contributed by atoms with E-state index >= 15 is 0 Å². The Morgan fingerprint density at radius 1 is 1.14 bits per heavy atom. The summed E-state index contributed by atoms with van der Waals surface area (Å²) in [5.41, 5.74) is 3.67. The maximum atomic E-state index is 4.52. The molecule has 0 amide bonds. The largest absolute Gasteiger partial charge is 0.356 e. The van der Waals surface area contributed by atoms with E-state index in [0.717, 1.165) is 37.7 Å². The molecule has 3 rings (SSSR count). The van der Waals surface area contributed by atoms with Gasteiger partial charge in [0.15, 0.2) is 5.96 Å². The highest BCUT2D eigenvalue weighted by atomic mass is 15.3. The van der Waals surface area contributed by atoms with E-state index in [1.807, 2.05) is 14.0 Å². The second-order valence-electron chi connectivity index (χ2n) is 7.55. The summed E-state index contributed by atoms with van der Waals surface area (Å²) < 4.78 is 2.08. The molecule has 1 saturated heterocycles. The number of nitrogens with zero attached hydrogens (tertiary/aromatic N) is 4. The third-order valence-corrected chi connectivity index (χ3v) is 5.39. The standard InChI is InChI=1S/C22H34N6/c1-18-16-19(2)28(26-18)15-9-12-24-22(23-3)25-17-21(27-13-7-8-14-27)20-10-5-4-6-11-20/h4-6,10-11,16,21H,7-9,12-15,17H2,1-3H3,(H2,23,24,25). The molecular formula is C22H34N6. The van der Waals surface area contributed by atoms with Crippen molar-refractivity contribution < 1.29 is 0 Å². The minimum Gasteiger partial charge on any atom is -0.356 e. The number of guanidine groups is 1. The molecule has 1 aromatic carbocycles. The van der Waals surface area contributed by atoms with Crippen LogP contribution in [0.3, 0.4) is 0 Å². The summed E-state index contributed by atoms with van der Waals surface area (Å²) in [5.74, 6) is 0.869. The molecule has 1 aliphatic heterocycles. The Bertz CT molecular complexity index is 746. The second kappa shape index (κ2) is 10.3. The molecule has 1 atom stereocenters. The maximum absolute atomic E-state index is 4.52. The lowest BCUT2D eigenvalue weighted by Gasteiger charge is -2.29. The van der Waals surface area contributed by atoms with Crippen molar-refractivity contribution in [3.05, 3.63) is 53.3 Å². The first-order chi connectivity index (χ1) is 13.7. The van der Waals surface area contributed by atoms with E-state index in [9.17, 15) is 0 Å². The number of nitrogens with one attached hydrogen (secondary N) is 2. The van der Waals surface area contributed by atoms with Crippen LogP contribution in [0.4, 0.5) is 0 Å². The predicted octanol–water partition coefficient (Wildman–Crippen LogP) is 2.89. The van der Waals surface area contributed by atoms with Gasteiger partial charge in [0.1, 0.15) is 0 Å². The van der Waals surface area contributed by atoms with Gasteiger partial charge < -0.3 is 10.6 Å². The maximum Gasteiger partial charge on any atom is 0.191 e. The summed E-state index contributed by atoms with van der Waals surface area (Å²) >= 11 is 0. The molecule has 0 bridgehead atoms. The molecule has 0 radical (unpaired) electrons. The molecule has 2 heterocycles. The molecule has 0 spiro atoms. The van der Waals surface area contributed by atoms with Crippen LogP contribution < -0.4 is 10.6 Å². The van der Waals surface area contributed by atoms with Gasteiger partial charge in [-0.2, -0.15) is 5.10 Å². The topological polar surface area (TPSA) is 57.5 Å². The van der Waals surface area contributed by atoms with Gasteiger partial charge in [-0.25, -0.2) is 0 Å². The Labute approximate surface area is 169 Å². The summed E-state index contributed by atoms with van der Waals surface area (Å²) in [4.78, 5) is 6.98. The molecule has 2 aromatic rings. The first-order valence-corrected chi connectivity index (χ1v) is 10.4. The molecule has 152 valence electrons. The lowest BCUT2D eigenvalue weighted by molar-refractivity contribution is 0.245. The lowest BCUT2D eigenvalue weighted by atomic mass is 10.1. The molecule has 1 aromatic heterocycles. The minimum absolute atomic E-state index is 0.386. The average molecular weight is 383 g/mol. The van der Waals surface area contributed by atoms with Gasteiger partial charge in [-0.05, 0) is 57.8 Å². The monoisotopic (exact) mass is 382 g/mol. The van der Waals surface area contributed by atoms with E-state index in [1.54, 1.807) is 0 Å². The zero-order valence-corrected chi connectivity index (χ0v) is 17.5. The summed E-state index contributed by atoms with van der Waals surface area (Å²) in [5, 5.41) is 11.5. The van der Waals surface area contributed by atoms with Gasteiger partial charge in [0.25, 0.3) is 0 Å². The molecule has 1 fully saturated rings. The van der Waals surface area contributed by atoms with Crippen molar-refractivity contribution in [2.24, 2.45) is 4.99 Å². The summed E-state index contributed by atoms with van der Waals surface area (Å²) in [7, 11) is 1.84. The van der Waals surface area contributed by atoms with Crippen molar-refractivity contribution in [3.63, 3.8) is 0 Å². The highest BCUT2D eigenvalue weighted by molar-refractivity contribution is 5.79. The van der Waals surface area contributed by atoms with Crippen LogP contribution >= 0.6 is 0 Å². The van der Waals surface area contributed by atoms with Gasteiger partial charge in [-0.1, -0.05) is 30.3 Å². The fourth-order valence-electron chi connectivity index (χ4n) is 3.94. The molecule has 28 heavy (non-hydrogen) atoms. The van der Waals surface area contributed by atoms with Crippen LogP contribution in [0.25, 0.3) is 0 Å². The molecule has 1 unspecified atom stereocenters. The van der Waals surface area contributed by atoms with Gasteiger partial charge in [-0.3, -0.25) is 14.6 Å². The zero-order valence-electron chi connectivity index (χ0n) is 17.5. The number of aromatic nitrogens is 2. The number of rotatable bonds is 8. The minimum atomic E-state index is 0.386. The van der Waals surface area contributed by atoms with Crippen molar-refractivity contribution in [1.82, 2.24) is 25.3 Å². The third-order valence-electron chi connectivity index (χ3n) is 5.39. The predicted molar refractivity (Wildman–Crippen MR) is 116 cm³/mol. The molecular weight excluding hydrogens is 348 g/mol. The van der Waals surface area contributed by atoms with Gasteiger partial charge >= 0.3 is 0 Å². The highest BCUT2D eigenvalue weighted by Gasteiger charge is 2.23. The fourth-order valence-corrected chi connectivity index (χ4v) is 3.94. The lowest BCUT2D eigenvalue weighted by Crippen LogP contribution is -2.43. The third kappa shape index (κ3) is 5.58. The smallest absolute Gasteiger partial charge is 0.191 e. The number of benzene rings is 1. The number of aryl methyl sites for hydroxylation is 3. The van der Waals surface area contributed by atoms with Crippen LogP contribution in [0.1, 0.15) is 42.3 Å². The van der Waals surface area contributed by atoms with Crippen LogP contribution in [-0.4, -0.2) is 53.9 Å². The Hall–Kier alpha value is -2.34. The van der Waals surface area contributed by atoms with Gasteiger partial charge in [-0.15, -0.1) is 0 Å². The van der Waals surface area contributed by atoms with Crippen LogP contribution in [0, 0.1) is 13.8 Å². The summed E-state index contributed by atoms with van der Waals surface area (Å²) in [6.07, 6.45) is 3.60. The van der Waals surface area contributed by atoms with E-state index in [1.165, 1.54) is 37.2 Å². The van der Waals surface area contributed by atoms with Crippen LogP contribution in [0.15, 0.2) is 41.4 Å². The van der Waals surface area contributed by atoms with Gasteiger partial charge in [0.05, 0.1) is 11.7 Å². The van der Waals surface area contributed by atoms with Crippen LogP contribution in [-0.2, 0) is 6.54 Å². The van der Waals surface area contributed by atoms with Crippen molar-refractivity contribution in [2.45, 2.75) is 45.7 Å². The Kier molecular flexibility index (Phi) is 7.48. The number of aliphatic imine (C=N–C) groups is 1. The first-order valence-electron chi connectivity index (χ1n) is 10.4. The van der Waals surface area contributed by atoms with Crippen molar-refractivity contribution >= 4 is 5.96 Å². The van der Waals surface area contributed by atoms with E-state index in [2.05, 4.69) is 73.6 Å². The number of hydrogen-bond acceptors (Lipinski definition) is 3. The molecule has 0 aliphatic carbocycles. The quantitative estimate of drug-likeness (QED) is 0.419. The Morgan fingerprint density at radius 3 is 2.54 bits per heavy atom. The fraction of sp³-hybridized carbons (Fsp3) is 0.545. The highest BCUT2D eigenvalue weighted by Crippen LogP contribution is 2.24. The normalized spacial score (nSPS) is 16.3. The molecule has 2 N–H and O–H groups in total. The van der Waals surface area contributed by atoms with E-state index in [4.69, 9.17) is 0 Å². The summed E-state index contributed by atoms with van der Waals surface area (Å²) in [6, 6.07) is 13.3. The number of hydrogen-bond donors (Lipinski definition) is 2. The van der Waals surface area contributed by atoms with Gasteiger partial charge in [0.2, 0.25) is 0 Å². The number of likely N-dealkylation sites (tertiary alicyclic amines) is 1. The van der Waals surface area contributed by atoms with E-state index in [-0.39, 0.29) is 0 Å².